The summed E-state index contributed by atoms with van der Waals surface area (Å²) in [5.41, 5.74) is 2.00. The van der Waals surface area contributed by atoms with Gasteiger partial charge in [0.1, 0.15) is 23.9 Å². The van der Waals surface area contributed by atoms with E-state index in [1.165, 1.54) is 18.4 Å². The molecule has 1 N–H and O–H groups in total. The van der Waals surface area contributed by atoms with Gasteiger partial charge in [0.05, 0.1) is 12.1 Å². The van der Waals surface area contributed by atoms with Gasteiger partial charge in [-0.2, -0.15) is 0 Å². The van der Waals surface area contributed by atoms with Crippen LogP contribution in [-0.4, -0.2) is 22.6 Å². The van der Waals surface area contributed by atoms with Crippen molar-refractivity contribution in [2.24, 2.45) is 5.92 Å². The van der Waals surface area contributed by atoms with E-state index in [4.69, 9.17) is 9.26 Å². The van der Waals surface area contributed by atoms with Gasteiger partial charge in [0.2, 0.25) is 0 Å². The fourth-order valence-corrected chi connectivity index (χ4v) is 4.08. The Morgan fingerprint density at radius 2 is 1.62 bits per heavy atom. The van der Waals surface area contributed by atoms with Crippen molar-refractivity contribution in [3.63, 3.8) is 0 Å². The second-order valence-electron chi connectivity index (χ2n) is 8.00. The lowest BCUT2D eigenvalue weighted by Crippen LogP contribution is -2.18. The third-order valence-corrected chi connectivity index (χ3v) is 5.65. The van der Waals surface area contributed by atoms with Gasteiger partial charge < -0.3 is 19.1 Å². The summed E-state index contributed by atoms with van der Waals surface area (Å²) in [6.45, 7) is 0. The molecular formula is C25H22F3NO5. The number of carboxylic acid groups (broad SMARTS) is 1. The van der Waals surface area contributed by atoms with Gasteiger partial charge >= 0.3 is 12.3 Å². The average Bonchev–Trinajstić information content (AvgIpc) is 3.50. The zero-order valence-electron chi connectivity index (χ0n) is 17.9. The van der Waals surface area contributed by atoms with Crippen LogP contribution in [-0.2, 0) is 4.79 Å². The molecule has 1 heterocycles. The summed E-state index contributed by atoms with van der Waals surface area (Å²) < 4.78 is 52.6. The summed E-state index contributed by atoms with van der Waals surface area (Å²) in [6.07, 6.45) is 1.80. The molecule has 0 radical (unpaired) electrons. The van der Waals surface area contributed by atoms with Crippen LogP contribution in [0.15, 0.2) is 77.5 Å². The molecule has 1 aromatic heterocycles. The number of aromatic nitrogens is 1. The van der Waals surface area contributed by atoms with Crippen LogP contribution in [0.4, 0.5) is 13.2 Å². The predicted molar refractivity (Wildman–Crippen MR) is 115 cm³/mol. The van der Waals surface area contributed by atoms with E-state index >= 15 is 0 Å². The molecule has 0 spiro atoms. The quantitative estimate of drug-likeness (QED) is 0.369. The van der Waals surface area contributed by atoms with E-state index in [-0.39, 0.29) is 24.2 Å². The highest BCUT2D eigenvalue weighted by atomic mass is 19.4. The summed E-state index contributed by atoms with van der Waals surface area (Å²) in [4.78, 5) is 11.3. The third-order valence-electron chi connectivity index (χ3n) is 5.65. The molecule has 2 unspecified atom stereocenters. The molecule has 4 rings (SSSR count). The van der Waals surface area contributed by atoms with E-state index in [2.05, 4.69) is 22.0 Å². The Labute approximate surface area is 193 Å². The Balaban J connectivity index is 1.53. The topological polar surface area (TPSA) is 81.8 Å². The van der Waals surface area contributed by atoms with Gasteiger partial charge in [-0.15, -0.1) is 13.2 Å². The number of hydrogen-bond donors (Lipinski definition) is 1. The number of allylic oxidation sites excluding steroid dienone is 2. The number of aliphatic carboxylic acids is 1. The van der Waals surface area contributed by atoms with Crippen molar-refractivity contribution in [2.75, 3.05) is 0 Å². The largest absolute Gasteiger partial charge is 0.573 e. The Kier molecular flexibility index (Phi) is 6.90. The molecule has 0 aliphatic heterocycles. The Hall–Kier alpha value is -3.75. The zero-order chi connectivity index (χ0) is 24.1. The molecule has 6 nitrogen and oxygen atoms in total. The number of nitrogens with zero attached hydrogens (tertiary/aromatic N) is 1. The number of ether oxygens (including phenoxy) is 2. The highest BCUT2D eigenvalue weighted by Gasteiger charge is 2.31. The minimum Gasteiger partial charge on any atom is -0.485 e. The second-order valence-corrected chi connectivity index (χ2v) is 8.00. The van der Waals surface area contributed by atoms with Crippen LogP contribution >= 0.6 is 0 Å². The lowest BCUT2D eigenvalue weighted by Gasteiger charge is -2.26. The van der Waals surface area contributed by atoms with E-state index < -0.39 is 18.2 Å². The van der Waals surface area contributed by atoms with Crippen molar-refractivity contribution >= 4 is 5.97 Å². The van der Waals surface area contributed by atoms with Crippen molar-refractivity contribution in [1.29, 1.82) is 0 Å². The summed E-state index contributed by atoms with van der Waals surface area (Å²) >= 11 is 0. The molecule has 2 aromatic carbocycles. The van der Waals surface area contributed by atoms with Gasteiger partial charge in [-0.25, -0.2) is 0 Å². The van der Waals surface area contributed by atoms with Crippen LogP contribution in [0.3, 0.4) is 0 Å². The first-order valence-corrected chi connectivity index (χ1v) is 10.7. The second kappa shape index (κ2) is 10.0. The molecular weight excluding hydrogens is 451 g/mol. The Bertz CT molecular complexity index is 1100. The summed E-state index contributed by atoms with van der Waals surface area (Å²) in [5, 5.41) is 13.2. The number of hydrogen-bond acceptors (Lipinski definition) is 5. The highest BCUT2D eigenvalue weighted by molar-refractivity contribution is 5.68. The fraction of sp³-hybridized carbons (Fsp3) is 0.280. The average molecular weight is 473 g/mol. The van der Waals surface area contributed by atoms with Crippen LogP contribution in [0.5, 0.6) is 11.5 Å². The van der Waals surface area contributed by atoms with Crippen molar-refractivity contribution in [3.05, 3.63) is 89.8 Å². The van der Waals surface area contributed by atoms with Crippen LogP contribution in [0, 0.1) is 5.92 Å². The first kappa shape index (κ1) is 23.4. The maximum Gasteiger partial charge on any atom is 0.573 e. The lowest BCUT2D eigenvalue weighted by molar-refractivity contribution is -0.274. The van der Waals surface area contributed by atoms with E-state index in [1.54, 1.807) is 42.5 Å². The number of carboxylic acids is 1. The maximum absolute atomic E-state index is 12.5. The maximum atomic E-state index is 12.5. The molecule has 3 aromatic rings. The number of benzene rings is 2. The fourth-order valence-electron chi connectivity index (χ4n) is 4.08. The first-order valence-electron chi connectivity index (χ1n) is 10.7. The predicted octanol–water partition coefficient (Wildman–Crippen LogP) is 6.27. The van der Waals surface area contributed by atoms with Gasteiger partial charge in [0, 0.05) is 17.9 Å². The minimum atomic E-state index is -4.75. The number of rotatable bonds is 9. The van der Waals surface area contributed by atoms with Crippen LogP contribution < -0.4 is 9.47 Å². The van der Waals surface area contributed by atoms with Crippen molar-refractivity contribution < 1.29 is 37.1 Å². The van der Waals surface area contributed by atoms with Crippen molar-refractivity contribution in [2.45, 2.75) is 37.6 Å². The lowest BCUT2D eigenvalue weighted by atomic mass is 9.92. The molecule has 178 valence electrons. The van der Waals surface area contributed by atoms with Crippen LogP contribution in [0.25, 0.3) is 0 Å². The number of carbonyl (C=O) groups is 1. The zero-order valence-corrected chi connectivity index (χ0v) is 17.9. The van der Waals surface area contributed by atoms with Gasteiger partial charge in [0.25, 0.3) is 0 Å². The van der Waals surface area contributed by atoms with Crippen LogP contribution in [0.1, 0.15) is 48.1 Å². The molecule has 1 aliphatic carbocycles. The van der Waals surface area contributed by atoms with Crippen molar-refractivity contribution in [3.8, 4) is 11.5 Å². The van der Waals surface area contributed by atoms with Gasteiger partial charge in [-0.1, -0.05) is 41.6 Å². The van der Waals surface area contributed by atoms with Gasteiger partial charge in [0.15, 0.2) is 0 Å². The molecule has 0 fully saturated rings. The summed E-state index contributed by atoms with van der Waals surface area (Å²) in [6, 6.07) is 14.4. The monoisotopic (exact) mass is 473 g/mol. The molecule has 1 aliphatic rings. The van der Waals surface area contributed by atoms with Crippen LogP contribution in [0.2, 0.25) is 0 Å². The minimum absolute atomic E-state index is 0.129. The molecule has 0 amide bonds. The number of alkyl halides is 3. The number of halogens is 3. The molecule has 0 saturated heterocycles. The summed E-state index contributed by atoms with van der Waals surface area (Å²) in [5.74, 6) is -1.03. The standard InChI is InChI=1S/C25H22F3NO5/c26-25(27,28)34-20-11-7-18(8-12-20)24(17-3-1-2-4-17)33-19-9-5-16(6-10-19)21(15-23(30)31)22-13-14-32-29-22/h1-2,5-14,17,21,24H,3-4,15H2,(H,30,31). The molecule has 0 saturated carbocycles. The normalized spacial score (nSPS) is 15.7. The van der Waals surface area contributed by atoms with E-state index in [9.17, 15) is 23.1 Å². The Morgan fingerprint density at radius 1 is 1.00 bits per heavy atom. The first-order chi connectivity index (χ1) is 16.3. The molecule has 34 heavy (non-hydrogen) atoms. The third kappa shape index (κ3) is 5.98. The highest BCUT2D eigenvalue weighted by Crippen LogP contribution is 2.37. The summed E-state index contributed by atoms with van der Waals surface area (Å²) in [7, 11) is 0. The van der Waals surface area contributed by atoms with E-state index in [1.807, 2.05) is 0 Å². The smallest absolute Gasteiger partial charge is 0.485 e. The van der Waals surface area contributed by atoms with E-state index in [0.29, 0.717) is 11.4 Å². The SMILES string of the molecule is O=C(O)CC(c1ccc(OC(c2ccc(OC(F)(F)F)cc2)C2CC=CC2)cc1)c1ccon1. The Morgan fingerprint density at radius 3 is 2.18 bits per heavy atom. The van der Waals surface area contributed by atoms with Gasteiger partial charge in [-0.3, -0.25) is 4.79 Å². The molecule has 0 bridgehead atoms. The molecule has 2 atom stereocenters. The van der Waals surface area contributed by atoms with Crippen molar-refractivity contribution in [1.82, 2.24) is 5.16 Å². The molecule has 9 heteroatoms. The van der Waals surface area contributed by atoms with Gasteiger partial charge in [-0.05, 0) is 48.2 Å². The van der Waals surface area contributed by atoms with E-state index in [0.717, 1.165) is 24.0 Å².